The number of carbonyl (C=O) groups excluding carboxylic acids is 1. The predicted molar refractivity (Wildman–Crippen MR) is 118 cm³/mol. The molecular weight excluding hydrogens is 408 g/mol. The van der Waals surface area contributed by atoms with Crippen LogP contribution in [-0.2, 0) is 37.6 Å². The minimum atomic E-state index is -1.68. The number of esters is 1. The van der Waals surface area contributed by atoms with Crippen molar-refractivity contribution < 1.29 is 37.6 Å². The van der Waals surface area contributed by atoms with Crippen molar-refractivity contribution in [1.29, 1.82) is 0 Å². The number of methoxy groups -OCH3 is 1. The summed E-state index contributed by atoms with van der Waals surface area (Å²) < 4.78 is 37.6. The maximum absolute atomic E-state index is 10.8. The molecular formula is C21H42O8Si. The van der Waals surface area contributed by atoms with Gasteiger partial charge in [-0.15, -0.1) is 0 Å². The van der Waals surface area contributed by atoms with Crippen molar-refractivity contribution in [2.75, 3.05) is 79.8 Å². The Balaban J connectivity index is 3.25. The van der Waals surface area contributed by atoms with E-state index in [1.54, 1.807) is 6.08 Å². The van der Waals surface area contributed by atoms with E-state index in [9.17, 15) is 4.79 Å². The molecule has 0 spiro atoms. The highest BCUT2D eigenvalue weighted by atomic mass is 28.4. The minimum absolute atomic E-state index is 0.222. The molecule has 0 aromatic rings. The molecule has 0 aliphatic rings. The monoisotopic (exact) mass is 450 g/mol. The summed E-state index contributed by atoms with van der Waals surface area (Å²) in [7, 11) is -0.352. The largest absolute Gasteiger partial charge is 0.466 e. The van der Waals surface area contributed by atoms with Gasteiger partial charge in [0.1, 0.15) is 0 Å². The zero-order valence-electron chi connectivity index (χ0n) is 19.7. The van der Waals surface area contributed by atoms with E-state index >= 15 is 0 Å². The van der Waals surface area contributed by atoms with Crippen LogP contribution in [0, 0.1) is 0 Å². The molecule has 0 atom stereocenters. The molecule has 178 valence electrons. The molecule has 0 aliphatic carbocycles. The Bertz CT molecular complexity index is 449. The summed E-state index contributed by atoms with van der Waals surface area (Å²) in [5.74, 6) is -0.393. The molecule has 0 N–H and O–H groups in total. The lowest BCUT2D eigenvalue weighted by molar-refractivity contribution is -0.134. The van der Waals surface area contributed by atoms with Crippen LogP contribution >= 0.6 is 0 Å². The lowest BCUT2D eigenvalue weighted by Gasteiger charge is -2.36. The van der Waals surface area contributed by atoms with Gasteiger partial charge in [0.25, 0.3) is 0 Å². The first-order valence-corrected chi connectivity index (χ1v) is 13.4. The lowest BCUT2D eigenvalue weighted by Crippen LogP contribution is -2.41. The molecule has 0 saturated heterocycles. The number of rotatable bonds is 19. The number of carbonyl (C=O) groups is 1. The quantitative estimate of drug-likeness (QED) is 0.129. The highest BCUT2D eigenvalue weighted by Crippen LogP contribution is 2.36. The third-order valence-corrected chi connectivity index (χ3v) is 9.19. The van der Waals surface area contributed by atoms with Gasteiger partial charge in [-0.05, 0) is 18.1 Å². The first-order chi connectivity index (χ1) is 14.2. The molecule has 30 heavy (non-hydrogen) atoms. The zero-order chi connectivity index (χ0) is 22.7. The van der Waals surface area contributed by atoms with Crippen molar-refractivity contribution in [1.82, 2.24) is 0 Å². The van der Waals surface area contributed by atoms with Gasteiger partial charge >= 0.3 is 5.97 Å². The molecule has 0 bridgehead atoms. The van der Waals surface area contributed by atoms with E-state index in [1.165, 1.54) is 13.2 Å². The van der Waals surface area contributed by atoms with E-state index in [0.717, 1.165) is 0 Å². The molecule has 9 heteroatoms. The van der Waals surface area contributed by atoms with Gasteiger partial charge in [-0.1, -0.05) is 26.8 Å². The molecule has 0 unspecified atom stereocenters. The van der Waals surface area contributed by atoms with Crippen LogP contribution < -0.4 is 0 Å². The molecule has 8 nitrogen and oxygen atoms in total. The van der Waals surface area contributed by atoms with E-state index in [1.807, 2.05) is 0 Å². The number of hydrogen-bond acceptors (Lipinski definition) is 8. The van der Waals surface area contributed by atoms with Crippen LogP contribution in [0.5, 0.6) is 0 Å². The summed E-state index contributed by atoms with van der Waals surface area (Å²) in [6.45, 7) is 16.8. The maximum atomic E-state index is 10.8. The van der Waals surface area contributed by atoms with Gasteiger partial charge in [0.15, 0.2) is 8.32 Å². The van der Waals surface area contributed by atoms with Gasteiger partial charge in [0.2, 0.25) is 0 Å². The fourth-order valence-electron chi connectivity index (χ4n) is 1.82. The first kappa shape index (κ1) is 29.2. The Kier molecular flexibility index (Phi) is 17.3. The molecule has 0 heterocycles. The third kappa shape index (κ3) is 16.9. The third-order valence-electron chi connectivity index (χ3n) is 4.65. The van der Waals surface area contributed by atoms with Crippen LogP contribution in [0.15, 0.2) is 12.2 Å². The fourth-order valence-corrected chi connectivity index (χ4v) is 2.84. The van der Waals surface area contributed by atoms with Gasteiger partial charge in [-0.25, -0.2) is 4.79 Å². The van der Waals surface area contributed by atoms with Crippen molar-refractivity contribution in [3.05, 3.63) is 12.2 Å². The smallest absolute Gasteiger partial charge is 0.330 e. The van der Waals surface area contributed by atoms with E-state index < -0.39 is 14.3 Å². The normalized spacial score (nSPS) is 12.6. The summed E-state index contributed by atoms with van der Waals surface area (Å²) in [6, 6.07) is 0. The van der Waals surface area contributed by atoms with Crippen molar-refractivity contribution >= 4 is 14.3 Å². The fraction of sp³-hybridized carbons (Fsp3) is 0.857. The summed E-state index contributed by atoms with van der Waals surface area (Å²) in [5.41, 5.74) is 0. The Labute approximate surface area is 183 Å². The van der Waals surface area contributed by atoms with Crippen LogP contribution in [0.1, 0.15) is 20.8 Å². The summed E-state index contributed by atoms with van der Waals surface area (Å²) >= 11 is 0. The van der Waals surface area contributed by atoms with E-state index in [0.29, 0.717) is 72.7 Å². The Hall–Kier alpha value is -0.813. The highest BCUT2D eigenvalue weighted by molar-refractivity contribution is 6.74. The molecule has 0 aromatic carbocycles. The Morgan fingerprint density at radius 3 is 1.53 bits per heavy atom. The van der Waals surface area contributed by atoms with Crippen molar-refractivity contribution in [3.63, 3.8) is 0 Å². The second-order valence-electron chi connectivity index (χ2n) is 8.06. The van der Waals surface area contributed by atoms with Gasteiger partial charge in [-0.2, -0.15) is 0 Å². The highest BCUT2D eigenvalue weighted by Gasteiger charge is 2.36. The topological polar surface area (TPSA) is 81.7 Å². The molecule has 0 saturated carbocycles. The Morgan fingerprint density at radius 2 is 1.13 bits per heavy atom. The maximum Gasteiger partial charge on any atom is 0.330 e. The molecule has 0 rings (SSSR count). The molecule has 0 aromatic heterocycles. The van der Waals surface area contributed by atoms with Crippen molar-refractivity contribution in [3.8, 4) is 0 Å². The van der Waals surface area contributed by atoms with E-state index in [-0.39, 0.29) is 5.04 Å². The van der Waals surface area contributed by atoms with Gasteiger partial charge in [-0.3, -0.25) is 0 Å². The molecule has 0 amide bonds. The van der Waals surface area contributed by atoms with E-state index in [2.05, 4.69) is 38.6 Å². The van der Waals surface area contributed by atoms with Crippen LogP contribution in [-0.4, -0.2) is 94.1 Å². The number of ether oxygens (including phenoxy) is 6. The SMILES string of the molecule is COC(=O)/C=C/COCCOCCOCCOCCOCCO[Si](C)(C)C(C)(C)C. The summed E-state index contributed by atoms with van der Waals surface area (Å²) in [4.78, 5) is 10.8. The molecule has 0 aliphatic heterocycles. The van der Waals surface area contributed by atoms with Gasteiger partial charge in [0.05, 0.1) is 79.8 Å². The van der Waals surface area contributed by atoms with Crippen molar-refractivity contribution in [2.45, 2.75) is 38.9 Å². The predicted octanol–water partition coefficient (Wildman–Crippen LogP) is 2.82. The van der Waals surface area contributed by atoms with Crippen LogP contribution in [0.2, 0.25) is 18.1 Å². The van der Waals surface area contributed by atoms with Crippen LogP contribution in [0.25, 0.3) is 0 Å². The van der Waals surface area contributed by atoms with Gasteiger partial charge < -0.3 is 32.8 Å². The molecule has 0 radical (unpaired) electrons. The summed E-state index contributed by atoms with van der Waals surface area (Å²) in [6.07, 6.45) is 2.93. The minimum Gasteiger partial charge on any atom is -0.466 e. The number of hydrogen-bond donors (Lipinski definition) is 0. The lowest BCUT2D eigenvalue weighted by atomic mass is 10.2. The zero-order valence-corrected chi connectivity index (χ0v) is 20.7. The average Bonchev–Trinajstić information content (AvgIpc) is 2.68. The first-order valence-electron chi connectivity index (χ1n) is 10.5. The molecule has 0 fully saturated rings. The van der Waals surface area contributed by atoms with E-state index in [4.69, 9.17) is 28.1 Å². The van der Waals surface area contributed by atoms with Gasteiger partial charge in [0, 0.05) is 6.08 Å². The standard InChI is InChI=1S/C21H42O8Si/c1-21(2,3)30(5,6)29-19-18-28-17-16-27-15-14-26-13-12-25-11-10-24-9-7-8-20(22)23-4/h7-8H,9-19H2,1-6H3/b8-7+. The van der Waals surface area contributed by atoms with Crippen LogP contribution in [0.3, 0.4) is 0 Å². The average molecular weight is 451 g/mol. The second kappa shape index (κ2) is 17.8. The van der Waals surface area contributed by atoms with Crippen molar-refractivity contribution in [2.24, 2.45) is 0 Å². The summed E-state index contributed by atoms with van der Waals surface area (Å²) in [5, 5.41) is 0.222. The second-order valence-corrected chi connectivity index (χ2v) is 12.9. The van der Waals surface area contributed by atoms with Crippen LogP contribution in [0.4, 0.5) is 0 Å². The Morgan fingerprint density at radius 1 is 0.733 bits per heavy atom.